The maximum absolute atomic E-state index is 13.8. The number of rotatable bonds is 6. The Morgan fingerprint density at radius 3 is 2.59 bits per heavy atom. The molecule has 0 bridgehead atoms. The molecule has 4 aromatic rings. The Morgan fingerprint density at radius 1 is 1.03 bits per heavy atom. The van der Waals surface area contributed by atoms with Crippen molar-refractivity contribution in [2.75, 3.05) is 13.1 Å². The van der Waals surface area contributed by atoms with Gasteiger partial charge in [0.25, 0.3) is 0 Å². The van der Waals surface area contributed by atoms with Gasteiger partial charge in [-0.05, 0) is 54.1 Å². The maximum Gasteiger partial charge on any atom is 0.240 e. The van der Waals surface area contributed by atoms with E-state index < -0.39 is 0 Å². The van der Waals surface area contributed by atoms with Crippen LogP contribution in [0, 0.1) is 5.82 Å². The second-order valence-corrected chi connectivity index (χ2v) is 9.35. The first-order chi connectivity index (χ1) is 15.7. The minimum Gasteiger partial charge on any atom is -0.352 e. The van der Waals surface area contributed by atoms with E-state index in [2.05, 4.69) is 34.5 Å². The van der Waals surface area contributed by atoms with Crippen molar-refractivity contribution in [1.29, 1.82) is 0 Å². The zero-order chi connectivity index (χ0) is 21.9. The predicted octanol–water partition coefficient (Wildman–Crippen LogP) is 5.29. The zero-order valence-corrected chi connectivity index (χ0v) is 18.7. The van der Waals surface area contributed by atoms with Crippen molar-refractivity contribution >= 4 is 28.1 Å². The fraction of sp³-hybridized carbons (Fsp3) is 0.269. The molecule has 3 heterocycles. The quantitative estimate of drug-likeness (QED) is 0.436. The van der Waals surface area contributed by atoms with Crippen LogP contribution in [-0.4, -0.2) is 34.5 Å². The number of carbonyl (C=O) groups is 1. The highest BCUT2D eigenvalue weighted by Gasteiger charge is 2.22. The van der Waals surface area contributed by atoms with Gasteiger partial charge in [0.1, 0.15) is 12.4 Å². The zero-order valence-electron chi connectivity index (χ0n) is 17.8. The van der Waals surface area contributed by atoms with Crippen molar-refractivity contribution < 1.29 is 9.18 Å². The lowest BCUT2D eigenvalue weighted by molar-refractivity contribution is -0.122. The van der Waals surface area contributed by atoms with Crippen LogP contribution in [0.1, 0.15) is 18.4 Å². The van der Waals surface area contributed by atoms with Crippen LogP contribution in [0.15, 0.2) is 72.1 Å². The van der Waals surface area contributed by atoms with Crippen LogP contribution in [0.2, 0.25) is 0 Å². The molecule has 0 saturated carbocycles. The van der Waals surface area contributed by atoms with Crippen molar-refractivity contribution in [1.82, 2.24) is 14.8 Å². The summed E-state index contributed by atoms with van der Waals surface area (Å²) in [4.78, 5) is 16.5. The molecule has 1 saturated heterocycles. The Kier molecular flexibility index (Phi) is 6.06. The van der Waals surface area contributed by atoms with E-state index in [0.717, 1.165) is 53.9 Å². The average molecular weight is 448 g/mol. The van der Waals surface area contributed by atoms with Crippen molar-refractivity contribution in [3.05, 3.63) is 83.5 Å². The molecule has 1 amide bonds. The standard InChI is InChI=1S/C26H26FN3OS/c27-21-8-9-23-20(15-21)16-24(25-7-4-14-32-25)30(23)18-26(31)28-22-10-12-29(13-11-22)17-19-5-2-1-3-6-19/h1-9,14-16,22H,10-13,17-18H2,(H,28,31). The summed E-state index contributed by atoms with van der Waals surface area (Å²) in [5.74, 6) is -0.259. The number of carbonyl (C=O) groups excluding carboxylic acids is 1. The smallest absolute Gasteiger partial charge is 0.240 e. The predicted molar refractivity (Wildman–Crippen MR) is 128 cm³/mol. The third kappa shape index (κ3) is 4.61. The second kappa shape index (κ2) is 9.27. The highest BCUT2D eigenvalue weighted by atomic mass is 32.1. The minimum atomic E-state index is -0.265. The van der Waals surface area contributed by atoms with Gasteiger partial charge in [-0.1, -0.05) is 36.4 Å². The molecule has 0 aliphatic carbocycles. The number of amides is 1. The number of fused-ring (bicyclic) bond motifs is 1. The largest absolute Gasteiger partial charge is 0.352 e. The summed E-state index contributed by atoms with van der Waals surface area (Å²) >= 11 is 1.62. The van der Waals surface area contributed by atoms with Gasteiger partial charge in [-0.2, -0.15) is 0 Å². The lowest BCUT2D eigenvalue weighted by Gasteiger charge is -2.32. The molecule has 164 valence electrons. The fourth-order valence-corrected chi connectivity index (χ4v) is 5.29. The normalized spacial score (nSPS) is 15.3. The van der Waals surface area contributed by atoms with Gasteiger partial charge in [0.15, 0.2) is 0 Å². The highest BCUT2D eigenvalue weighted by molar-refractivity contribution is 7.13. The molecule has 5 rings (SSSR count). The third-order valence-electron chi connectivity index (χ3n) is 6.14. The summed E-state index contributed by atoms with van der Waals surface area (Å²) < 4.78 is 15.8. The van der Waals surface area contributed by atoms with E-state index in [0.29, 0.717) is 0 Å². The molecule has 32 heavy (non-hydrogen) atoms. The number of piperidine rings is 1. The summed E-state index contributed by atoms with van der Waals surface area (Å²) in [5.41, 5.74) is 3.16. The van der Waals surface area contributed by atoms with E-state index in [9.17, 15) is 9.18 Å². The number of hydrogen-bond acceptors (Lipinski definition) is 3. The van der Waals surface area contributed by atoms with Crippen LogP contribution in [-0.2, 0) is 17.9 Å². The number of likely N-dealkylation sites (tertiary alicyclic amines) is 1. The van der Waals surface area contributed by atoms with Gasteiger partial charge in [-0.3, -0.25) is 9.69 Å². The van der Waals surface area contributed by atoms with Crippen molar-refractivity contribution in [2.24, 2.45) is 0 Å². The van der Waals surface area contributed by atoms with E-state index in [1.54, 1.807) is 17.4 Å². The first-order valence-electron chi connectivity index (χ1n) is 11.0. The molecule has 1 N–H and O–H groups in total. The number of nitrogens with zero attached hydrogens (tertiary/aromatic N) is 2. The number of halogens is 1. The third-order valence-corrected chi connectivity index (χ3v) is 7.03. The van der Waals surface area contributed by atoms with Gasteiger partial charge in [-0.25, -0.2) is 4.39 Å². The van der Waals surface area contributed by atoms with Crippen molar-refractivity contribution in [3.63, 3.8) is 0 Å². The van der Waals surface area contributed by atoms with Crippen LogP contribution < -0.4 is 5.32 Å². The Hall–Kier alpha value is -2.96. The molecule has 2 aromatic heterocycles. The van der Waals surface area contributed by atoms with Gasteiger partial charge in [0.2, 0.25) is 5.91 Å². The summed E-state index contributed by atoms with van der Waals surface area (Å²) in [7, 11) is 0. The van der Waals surface area contributed by atoms with Crippen LogP contribution in [0.4, 0.5) is 4.39 Å². The summed E-state index contributed by atoms with van der Waals surface area (Å²) in [6.07, 6.45) is 1.90. The molecule has 1 aliphatic heterocycles. The van der Waals surface area contributed by atoms with Gasteiger partial charge in [0.05, 0.1) is 10.6 Å². The van der Waals surface area contributed by atoms with Crippen molar-refractivity contribution in [3.8, 4) is 10.6 Å². The Morgan fingerprint density at radius 2 is 1.84 bits per heavy atom. The van der Waals surface area contributed by atoms with Gasteiger partial charge >= 0.3 is 0 Å². The number of aromatic nitrogens is 1. The lowest BCUT2D eigenvalue weighted by atomic mass is 10.0. The van der Waals surface area contributed by atoms with E-state index in [1.165, 1.54) is 17.7 Å². The van der Waals surface area contributed by atoms with E-state index in [4.69, 9.17) is 0 Å². The Balaban J connectivity index is 1.24. The second-order valence-electron chi connectivity index (χ2n) is 8.40. The summed E-state index contributed by atoms with van der Waals surface area (Å²) in [6, 6.07) is 21.4. The van der Waals surface area contributed by atoms with Crippen LogP contribution >= 0.6 is 11.3 Å². The average Bonchev–Trinajstić information content (AvgIpc) is 3.44. The first-order valence-corrected chi connectivity index (χ1v) is 11.9. The molecule has 0 radical (unpaired) electrons. The topological polar surface area (TPSA) is 37.3 Å². The molecule has 4 nitrogen and oxygen atoms in total. The monoisotopic (exact) mass is 447 g/mol. The van der Waals surface area contributed by atoms with Crippen molar-refractivity contribution in [2.45, 2.75) is 32.0 Å². The van der Waals surface area contributed by atoms with E-state index >= 15 is 0 Å². The fourth-order valence-electron chi connectivity index (χ4n) is 4.53. The Bertz CT molecular complexity index is 1190. The first kappa shape index (κ1) is 20.9. The van der Waals surface area contributed by atoms with Crippen LogP contribution in [0.3, 0.4) is 0 Å². The molecule has 0 unspecified atom stereocenters. The minimum absolute atomic E-state index is 0.00569. The molecule has 1 fully saturated rings. The molecular formula is C26H26FN3OS. The van der Waals surface area contributed by atoms with Gasteiger partial charge in [0, 0.05) is 36.6 Å². The molecule has 0 atom stereocenters. The number of thiophene rings is 1. The van der Waals surface area contributed by atoms with Crippen LogP contribution in [0.25, 0.3) is 21.5 Å². The SMILES string of the molecule is O=C(Cn1c(-c2cccs2)cc2cc(F)ccc21)NC1CCN(Cc2ccccc2)CC1. The summed E-state index contributed by atoms with van der Waals surface area (Å²) in [6.45, 7) is 3.14. The van der Waals surface area contributed by atoms with Gasteiger partial charge < -0.3 is 9.88 Å². The molecular weight excluding hydrogens is 421 g/mol. The Labute approximate surface area is 191 Å². The highest BCUT2D eigenvalue weighted by Crippen LogP contribution is 2.31. The molecule has 2 aromatic carbocycles. The lowest BCUT2D eigenvalue weighted by Crippen LogP contribution is -2.45. The number of benzene rings is 2. The van der Waals surface area contributed by atoms with E-state index in [1.807, 2.05) is 34.2 Å². The number of hydrogen-bond donors (Lipinski definition) is 1. The van der Waals surface area contributed by atoms with E-state index in [-0.39, 0.29) is 24.3 Å². The summed E-state index contributed by atoms with van der Waals surface area (Å²) in [5, 5.41) is 6.06. The molecule has 0 spiro atoms. The van der Waals surface area contributed by atoms with Gasteiger partial charge in [-0.15, -0.1) is 11.3 Å². The molecule has 6 heteroatoms. The number of nitrogens with one attached hydrogen (secondary N) is 1. The molecule has 1 aliphatic rings. The van der Waals surface area contributed by atoms with Crippen LogP contribution in [0.5, 0.6) is 0 Å². The maximum atomic E-state index is 13.8.